The van der Waals surface area contributed by atoms with E-state index in [0.717, 1.165) is 17.0 Å². The molecule has 0 aliphatic heterocycles. The predicted molar refractivity (Wildman–Crippen MR) is 66.4 cm³/mol. The van der Waals surface area contributed by atoms with Gasteiger partial charge in [0.05, 0.1) is 5.56 Å². The third-order valence-corrected chi connectivity index (χ3v) is 3.62. The number of hydrogen-bond acceptors (Lipinski definition) is 2. The molecule has 2 aromatic rings. The molecule has 1 aromatic carbocycles. The molecular weight excluding hydrogens is 259 g/mol. The maximum atomic E-state index is 12.5. The highest BCUT2D eigenvalue weighted by Crippen LogP contribution is 2.30. The van der Waals surface area contributed by atoms with Crippen molar-refractivity contribution in [3.63, 3.8) is 0 Å². The second-order valence-electron chi connectivity index (χ2n) is 4.02. The van der Waals surface area contributed by atoms with Gasteiger partial charge in [0.1, 0.15) is 0 Å². The van der Waals surface area contributed by atoms with E-state index in [0.29, 0.717) is 12.0 Å². The third kappa shape index (κ3) is 3.11. The van der Waals surface area contributed by atoms with Crippen LogP contribution in [-0.2, 0) is 12.6 Å². The lowest BCUT2D eigenvalue weighted by Gasteiger charge is -2.12. The fourth-order valence-electron chi connectivity index (χ4n) is 1.73. The van der Waals surface area contributed by atoms with E-state index >= 15 is 0 Å². The average molecular weight is 271 g/mol. The largest absolute Gasteiger partial charge is 0.416 e. The lowest BCUT2D eigenvalue weighted by molar-refractivity contribution is -0.137. The van der Waals surface area contributed by atoms with Crippen molar-refractivity contribution in [2.45, 2.75) is 18.6 Å². The van der Waals surface area contributed by atoms with E-state index in [9.17, 15) is 13.2 Å². The van der Waals surface area contributed by atoms with Crippen molar-refractivity contribution in [3.05, 3.63) is 57.8 Å². The van der Waals surface area contributed by atoms with Crippen LogP contribution in [-0.4, -0.2) is 0 Å². The molecule has 0 fully saturated rings. The van der Waals surface area contributed by atoms with Gasteiger partial charge in [-0.05, 0) is 29.5 Å². The molecule has 0 radical (unpaired) electrons. The van der Waals surface area contributed by atoms with Crippen LogP contribution >= 0.6 is 11.3 Å². The van der Waals surface area contributed by atoms with Gasteiger partial charge in [-0.3, -0.25) is 0 Å². The molecule has 0 aliphatic rings. The molecule has 1 heterocycles. The molecular formula is C13H12F3NS. The van der Waals surface area contributed by atoms with Crippen LogP contribution in [0.25, 0.3) is 0 Å². The molecule has 18 heavy (non-hydrogen) atoms. The number of nitrogens with two attached hydrogens (primary N) is 1. The predicted octanol–water partition coefficient (Wildman–Crippen LogP) is 4.01. The van der Waals surface area contributed by atoms with Gasteiger partial charge in [-0.2, -0.15) is 13.2 Å². The SMILES string of the molecule is NC(Cc1cccc(C(F)(F)F)c1)c1cccs1. The number of rotatable bonds is 3. The Balaban J connectivity index is 2.15. The zero-order valence-corrected chi connectivity index (χ0v) is 10.3. The first-order chi connectivity index (χ1) is 8.47. The van der Waals surface area contributed by atoms with Crippen molar-refractivity contribution in [2.24, 2.45) is 5.73 Å². The van der Waals surface area contributed by atoms with Gasteiger partial charge in [-0.1, -0.05) is 24.3 Å². The first-order valence-corrected chi connectivity index (χ1v) is 6.30. The van der Waals surface area contributed by atoms with Crippen LogP contribution in [0.2, 0.25) is 0 Å². The first kappa shape index (κ1) is 13.1. The van der Waals surface area contributed by atoms with Gasteiger partial charge in [0.15, 0.2) is 0 Å². The molecule has 0 amide bonds. The molecule has 96 valence electrons. The van der Waals surface area contributed by atoms with Crippen LogP contribution in [0.1, 0.15) is 22.0 Å². The molecule has 5 heteroatoms. The summed E-state index contributed by atoms with van der Waals surface area (Å²) in [6, 6.07) is 8.83. The first-order valence-electron chi connectivity index (χ1n) is 5.42. The van der Waals surface area contributed by atoms with Gasteiger partial charge in [0.2, 0.25) is 0 Å². The molecule has 2 rings (SSSR count). The molecule has 0 aliphatic carbocycles. The number of alkyl halides is 3. The van der Waals surface area contributed by atoms with E-state index in [1.165, 1.54) is 17.4 Å². The van der Waals surface area contributed by atoms with Gasteiger partial charge in [0.25, 0.3) is 0 Å². The topological polar surface area (TPSA) is 26.0 Å². The summed E-state index contributed by atoms with van der Waals surface area (Å²) in [6.45, 7) is 0. The fourth-order valence-corrected chi connectivity index (χ4v) is 2.46. The van der Waals surface area contributed by atoms with Crippen molar-refractivity contribution in [3.8, 4) is 0 Å². The highest BCUT2D eigenvalue weighted by atomic mass is 32.1. The Labute approximate surface area is 107 Å². The van der Waals surface area contributed by atoms with Crippen molar-refractivity contribution < 1.29 is 13.2 Å². The quantitative estimate of drug-likeness (QED) is 0.896. The Morgan fingerprint density at radius 1 is 1.17 bits per heavy atom. The summed E-state index contributed by atoms with van der Waals surface area (Å²) in [5.74, 6) is 0. The molecule has 1 nitrogen and oxygen atoms in total. The number of hydrogen-bond donors (Lipinski definition) is 1. The van der Waals surface area contributed by atoms with Gasteiger partial charge >= 0.3 is 6.18 Å². The summed E-state index contributed by atoms with van der Waals surface area (Å²) in [6.07, 6.45) is -3.90. The van der Waals surface area contributed by atoms with E-state index in [2.05, 4.69) is 0 Å². The van der Waals surface area contributed by atoms with Crippen LogP contribution in [0.3, 0.4) is 0 Å². The fraction of sp³-hybridized carbons (Fsp3) is 0.231. The number of halogens is 3. The summed E-state index contributed by atoms with van der Waals surface area (Å²) >= 11 is 1.51. The highest BCUT2D eigenvalue weighted by Gasteiger charge is 2.30. The van der Waals surface area contributed by atoms with Crippen LogP contribution < -0.4 is 5.73 Å². The Hall–Kier alpha value is -1.33. The van der Waals surface area contributed by atoms with Crippen LogP contribution in [0.15, 0.2) is 41.8 Å². The van der Waals surface area contributed by atoms with Crippen LogP contribution in [0, 0.1) is 0 Å². The number of thiophene rings is 1. The monoisotopic (exact) mass is 271 g/mol. The standard InChI is InChI=1S/C13H12F3NS/c14-13(15,16)10-4-1-3-9(7-10)8-11(17)12-5-2-6-18-12/h1-7,11H,8,17H2. The second-order valence-corrected chi connectivity index (χ2v) is 5.00. The highest BCUT2D eigenvalue weighted by molar-refractivity contribution is 7.10. The zero-order chi connectivity index (χ0) is 13.2. The van der Waals surface area contributed by atoms with Crippen LogP contribution in [0.4, 0.5) is 13.2 Å². The van der Waals surface area contributed by atoms with E-state index in [1.807, 2.05) is 17.5 Å². The third-order valence-electron chi connectivity index (χ3n) is 2.62. The summed E-state index contributed by atoms with van der Waals surface area (Å²) in [4.78, 5) is 0.979. The average Bonchev–Trinajstić information content (AvgIpc) is 2.81. The van der Waals surface area contributed by atoms with Crippen molar-refractivity contribution >= 4 is 11.3 Å². The van der Waals surface area contributed by atoms with E-state index in [4.69, 9.17) is 5.73 Å². The van der Waals surface area contributed by atoms with Gasteiger partial charge in [0, 0.05) is 10.9 Å². The minimum Gasteiger partial charge on any atom is -0.323 e. The van der Waals surface area contributed by atoms with E-state index < -0.39 is 11.7 Å². The Kier molecular flexibility index (Phi) is 3.73. The molecule has 0 spiro atoms. The minimum atomic E-state index is -4.30. The van der Waals surface area contributed by atoms with Crippen molar-refractivity contribution in [1.29, 1.82) is 0 Å². The van der Waals surface area contributed by atoms with Gasteiger partial charge < -0.3 is 5.73 Å². The molecule has 0 bridgehead atoms. The molecule has 2 N–H and O–H groups in total. The normalized spacial score (nSPS) is 13.6. The lowest BCUT2D eigenvalue weighted by atomic mass is 10.0. The molecule has 1 aromatic heterocycles. The molecule has 1 unspecified atom stereocenters. The summed E-state index contributed by atoms with van der Waals surface area (Å²) in [7, 11) is 0. The minimum absolute atomic E-state index is 0.256. The molecule has 0 saturated heterocycles. The summed E-state index contributed by atoms with van der Waals surface area (Å²) in [5, 5.41) is 1.90. The Morgan fingerprint density at radius 2 is 1.94 bits per heavy atom. The molecule has 1 atom stereocenters. The number of benzene rings is 1. The maximum absolute atomic E-state index is 12.5. The zero-order valence-electron chi connectivity index (χ0n) is 9.45. The van der Waals surface area contributed by atoms with Crippen molar-refractivity contribution in [2.75, 3.05) is 0 Å². The van der Waals surface area contributed by atoms with E-state index in [-0.39, 0.29) is 6.04 Å². The summed E-state index contributed by atoms with van der Waals surface area (Å²) in [5.41, 5.74) is 5.94. The Bertz CT molecular complexity index is 505. The van der Waals surface area contributed by atoms with Crippen LogP contribution in [0.5, 0.6) is 0 Å². The smallest absolute Gasteiger partial charge is 0.323 e. The molecule has 0 saturated carbocycles. The maximum Gasteiger partial charge on any atom is 0.416 e. The van der Waals surface area contributed by atoms with Crippen molar-refractivity contribution in [1.82, 2.24) is 0 Å². The second kappa shape index (κ2) is 5.12. The Morgan fingerprint density at radius 3 is 2.56 bits per heavy atom. The summed E-state index contributed by atoms with van der Waals surface area (Å²) < 4.78 is 37.6. The van der Waals surface area contributed by atoms with E-state index in [1.54, 1.807) is 6.07 Å². The van der Waals surface area contributed by atoms with Gasteiger partial charge in [-0.15, -0.1) is 11.3 Å². The van der Waals surface area contributed by atoms with Gasteiger partial charge in [-0.25, -0.2) is 0 Å². The lowest BCUT2D eigenvalue weighted by Crippen LogP contribution is -2.12.